The van der Waals surface area contributed by atoms with E-state index in [4.69, 9.17) is 4.98 Å². The van der Waals surface area contributed by atoms with Crippen molar-refractivity contribution in [3.05, 3.63) is 79.0 Å². The van der Waals surface area contributed by atoms with Crippen LogP contribution in [0.5, 0.6) is 0 Å². The summed E-state index contributed by atoms with van der Waals surface area (Å²) in [6.45, 7) is 3.08. The molecule has 0 atom stereocenters. The first-order valence-corrected chi connectivity index (χ1v) is 11.8. The molecule has 3 nitrogen and oxygen atoms in total. The number of thioether (sulfide) groups is 1. The molecule has 6 heteroatoms. The van der Waals surface area contributed by atoms with Gasteiger partial charge < -0.3 is 4.57 Å². The Labute approximate surface area is 184 Å². The van der Waals surface area contributed by atoms with E-state index in [1.807, 2.05) is 42.9 Å². The van der Waals surface area contributed by atoms with Crippen molar-refractivity contribution in [3.8, 4) is 22.4 Å². The van der Waals surface area contributed by atoms with Gasteiger partial charge in [-0.1, -0.05) is 36.9 Å². The van der Waals surface area contributed by atoms with Crippen LogP contribution in [-0.2, 0) is 6.54 Å². The SMILES string of the molecule is CCCn1c(-c2ccncc2)cnc1Sc1ccc(-c2ccc(F)cc2)cc1SC. The van der Waals surface area contributed by atoms with E-state index < -0.39 is 0 Å². The van der Waals surface area contributed by atoms with Gasteiger partial charge in [0.1, 0.15) is 5.82 Å². The monoisotopic (exact) mass is 435 g/mol. The summed E-state index contributed by atoms with van der Waals surface area (Å²) in [6, 6.07) is 17.0. The number of rotatable bonds is 7. The maximum absolute atomic E-state index is 13.3. The van der Waals surface area contributed by atoms with Crippen LogP contribution in [0.2, 0.25) is 0 Å². The van der Waals surface area contributed by atoms with E-state index >= 15 is 0 Å². The third kappa shape index (κ3) is 4.45. The van der Waals surface area contributed by atoms with Crippen molar-refractivity contribution in [2.24, 2.45) is 0 Å². The third-order valence-electron chi connectivity index (χ3n) is 4.78. The first kappa shape index (κ1) is 20.7. The zero-order chi connectivity index (χ0) is 20.9. The Bertz CT molecular complexity index is 1130. The maximum atomic E-state index is 13.3. The van der Waals surface area contributed by atoms with Crippen molar-refractivity contribution in [1.29, 1.82) is 0 Å². The minimum absolute atomic E-state index is 0.219. The van der Waals surface area contributed by atoms with Gasteiger partial charge >= 0.3 is 0 Å². The zero-order valence-corrected chi connectivity index (χ0v) is 18.5. The number of hydrogen-bond donors (Lipinski definition) is 0. The molecule has 2 heterocycles. The summed E-state index contributed by atoms with van der Waals surface area (Å²) in [5, 5.41) is 0.980. The number of pyridine rings is 1. The van der Waals surface area contributed by atoms with Crippen LogP contribution < -0.4 is 0 Å². The van der Waals surface area contributed by atoms with E-state index in [9.17, 15) is 4.39 Å². The number of hydrogen-bond acceptors (Lipinski definition) is 4. The van der Waals surface area contributed by atoms with Gasteiger partial charge in [-0.3, -0.25) is 4.98 Å². The van der Waals surface area contributed by atoms with Crippen LogP contribution in [0.15, 0.2) is 88.1 Å². The topological polar surface area (TPSA) is 30.7 Å². The third-order valence-corrected chi connectivity index (χ3v) is 6.78. The summed E-state index contributed by atoms with van der Waals surface area (Å²) in [6.07, 6.45) is 8.67. The van der Waals surface area contributed by atoms with E-state index in [1.54, 1.807) is 23.5 Å². The van der Waals surface area contributed by atoms with Crippen LogP contribution in [0.1, 0.15) is 13.3 Å². The fraction of sp³-hybridized carbons (Fsp3) is 0.167. The van der Waals surface area contributed by atoms with Crippen LogP contribution >= 0.6 is 23.5 Å². The Balaban J connectivity index is 1.67. The van der Waals surface area contributed by atoms with Crippen molar-refractivity contribution in [2.75, 3.05) is 6.26 Å². The molecule has 2 aromatic carbocycles. The number of halogens is 1. The lowest BCUT2D eigenvalue weighted by Crippen LogP contribution is -2.01. The van der Waals surface area contributed by atoms with E-state index in [0.29, 0.717) is 0 Å². The molecule has 152 valence electrons. The quantitative estimate of drug-likeness (QED) is 0.291. The predicted octanol–water partition coefficient (Wildman–Crippen LogP) is 7.03. The van der Waals surface area contributed by atoms with Gasteiger partial charge in [-0.05, 0) is 60.2 Å². The number of nitrogens with zero attached hydrogens (tertiary/aromatic N) is 3. The summed E-state index contributed by atoms with van der Waals surface area (Å²) in [5.41, 5.74) is 4.32. The lowest BCUT2D eigenvalue weighted by Gasteiger charge is -2.13. The summed E-state index contributed by atoms with van der Waals surface area (Å²) < 4.78 is 15.5. The highest BCUT2D eigenvalue weighted by atomic mass is 32.2. The van der Waals surface area contributed by atoms with Gasteiger partial charge in [0.05, 0.1) is 11.9 Å². The molecule has 0 fully saturated rings. The van der Waals surface area contributed by atoms with Crippen LogP contribution in [0.25, 0.3) is 22.4 Å². The molecular formula is C24H22FN3S2. The fourth-order valence-corrected chi connectivity index (χ4v) is 5.09. The highest BCUT2D eigenvalue weighted by Crippen LogP contribution is 2.38. The van der Waals surface area contributed by atoms with Crippen LogP contribution in [0.4, 0.5) is 4.39 Å². The largest absolute Gasteiger partial charge is 0.319 e. The van der Waals surface area contributed by atoms with Gasteiger partial charge in [0, 0.05) is 34.3 Å². The molecule has 4 aromatic rings. The Morgan fingerprint density at radius 3 is 2.33 bits per heavy atom. The molecule has 0 radical (unpaired) electrons. The molecule has 2 aromatic heterocycles. The standard InChI is InChI=1S/C24H22FN3S2/c1-3-14-28-21(18-10-12-26-13-11-18)16-27-24(28)30-22-9-6-19(15-23(22)29-2)17-4-7-20(25)8-5-17/h4-13,15-16H,3,14H2,1-2H3. The van der Waals surface area contributed by atoms with Crippen LogP contribution in [-0.4, -0.2) is 20.8 Å². The smallest absolute Gasteiger partial charge is 0.173 e. The molecule has 0 unspecified atom stereocenters. The van der Waals surface area contributed by atoms with Crippen molar-refractivity contribution in [3.63, 3.8) is 0 Å². The highest BCUT2D eigenvalue weighted by Gasteiger charge is 2.15. The van der Waals surface area contributed by atoms with Crippen molar-refractivity contribution >= 4 is 23.5 Å². The second-order valence-corrected chi connectivity index (χ2v) is 8.65. The molecule has 4 rings (SSSR count). The van der Waals surface area contributed by atoms with E-state index in [0.717, 1.165) is 45.4 Å². The number of aromatic nitrogens is 3. The molecule has 0 aliphatic carbocycles. The molecular weight excluding hydrogens is 413 g/mol. The van der Waals surface area contributed by atoms with Crippen LogP contribution in [0, 0.1) is 5.82 Å². The average Bonchev–Trinajstić information content (AvgIpc) is 3.18. The summed E-state index contributed by atoms with van der Waals surface area (Å²) in [5.74, 6) is -0.219. The first-order chi connectivity index (χ1) is 14.7. The Kier molecular flexibility index (Phi) is 6.55. The molecule has 0 spiro atoms. The molecule has 0 saturated heterocycles. The molecule has 0 aliphatic rings. The van der Waals surface area contributed by atoms with Crippen LogP contribution in [0.3, 0.4) is 0 Å². The molecule has 30 heavy (non-hydrogen) atoms. The molecule has 0 saturated carbocycles. The van der Waals surface area contributed by atoms with Crippen molar-refractivity contribution in [2.45, 2.75) is 34.8 Å². The minimum atomic E-state index is -0.219. The molecule has 0 amide bonds. The van der Waals surface area contributed by atoms with Gasteiger partial charge in [-0.15, -0.1) is 11.8 Å². The fourth-order valence-electron chi connectivity index (χ4n) is 3.31. The second kappa shape index (κ2) is 9.49. The predicted molar refractivity (Wildman–Crippen MR) is 123 cm³/mol. The van der Waals surface area contributed by atoms with Gasteiger partial charge in [-0.2, -0.15) is 0 Å². The minimum Gasteiger partial charge on any atom is -0.319 e. The van der Waals surface area contributed by atoms with Gasteiger partial charge in [0.2, 0.25) is 0 Å². The Morgan fingerprint density at radius 1 is 0.900 bits per heavy atom. The second-order valence-electron chi connectivity index (χ2n) is 6.79. The lowest BCUT2D eigenvalue weighted by atomic mass is 10.1. The van der Waals surface area contributed by atoms with E-state index in [1.165, 1.54) is 17.0 Å². The normalized spacial score (nSPS) is 11.0. The van der Waals surface area contributed by atoms with Gasteiger partial charge in [0.25, 0.3) is 0 Å². The summed E-state index contributed by atoms with van der Waals surface area (Å²) in [4.78, 5) is 11.2. The van der Waals surface area contributed by atoms with Crippen molar-refractivity contribution in [1.82, 2.24) is 14.5 Å². The average molecular weight is 436 g/mol. The summed E-state index contributed by atoms with van der Waals surface area (Å²) in [7, 11) is 0. The number of benzene rings is 2. The van der Waals surface area contributed by atoms with Gasteiger partial charge in [0.15, 0.2) is 5.16 Å². The zero-order valence-electron chi connectivity index (χ0n) is 16.9. The van der Waals surface area contributed by atoms with E-state index in [2.05, 4.69) is 40.9 Å². The molecule has 0 bridgehead atoms. The Hall–Kier alpha value is -2.57. The van der Waals surface area contributed by atoms with Gasteiger partial charge in [-0.25, -0.2) is 9.37 Å². The highest BCUT2D eigenvalue weighted by molar-refractivity contribution is 8.02. The Morgan fingerprint density at radius 2 is 1.63 bits per heavy atom. The van der Waals surface area contributed by atoms with E-state index in [-0.39, 0.29) is 5.82 Å². The summed E-state index contributed by atoms with van der Waals surface area (Å²) >= 11 is 3.39. The lowest BCUT2D eigenvalue weighted by molar-refractivity contribution is 0.626. The molecule has 0 aliphatic heterocycles. The maximum Gasteiger partial charge on any atom is 0.173 e. The number of imidazole rings is 1. The first-order valence-electron chi connectivity index (χ1n) is 9.77. The molecule has 0 N–H and O–H groups in total. The van der Waals surface area contributed by atoms with Crippen molar-refractivity contribution < 1.29 is 4.39 Å².